The first kappa shape index (κ1) is 16.3. The van der Waals surface area contributed by atoms with Gasteiger partial charge in [-0.3, -0.25) is 9.48 Å². The Balaban J connectivity index is 1.92. The highest BCUT2D eigenvalue weighted by atomic mass is 35.5. The molecule has 23 heavy (non-hydrogen) atoms. The number of fused-ring (bicyclic) bond motifs is 1. The lowest BCUT2D eigenvalue weighted by atomic mass is 10.1. The van der Waals surface area contributed by atoms with Crippen LogP contribution < -0.4 is 0 Å². The predicted molar refractivity (Wildman–Crippen MR) is 88.6 cm³/mol. The fraction of sp³-hybridized carbons (Fsp3) is 0.375. The molecule has 122 valence electrons. The molecule has 1 aromatic heterocycles. The molecule has 1 heterocycles. The van der Waals surface area contributed by atoms with E-state index in [1.165, 1.54) is 0 Å². The molecule has 1 N–H and O–H groups in total. The highest BCUT2D eigenvalue weighted by Crippen LogP contribution is 2.41. The summed E-state index contributed by atoms with van der Waals surface area (Å²) in [5, 5.41) is 15.6. The van der Waals surface area contributed by atoms with Crippen molar-refractivity contribution in [2.75, 3.05) is 7.05 Å². The molecule has 0 saturated carbocycles. The van der Waals surface area contributed by atoms with E-state index in [1.54, 1.807) is 54.1 Å². The van der Waals surface area contributed by atoms with E-state index >= 15 is 0 Å². The lowest BCUT2D eigenvalue weighted by Crippen LogP contribution is -2.39. The van der Waals surface area contributed by atoms with E-state index in [1.807, 2.05) is 0 Å². The summed E-state index contributed by atoms with van der Waals surface area (Å²) in [5.74, 6) is -0.137. The normalized spacial score (nSPS) is 21.1. The SMILES string of the molecule is CC(C(=O)N(C)C1c2cc(Cl)cc(Cl)c2CC1O)n1cccn1. The number of carbonyl (C=O) groups is 1. The van der Waals surface area contributed by atoms with Crippen LogP contribution in [-0.4, -0.2) is 38.8 Å². The lowest BCUT2D eigenvalue weighted by Gasteiger charge is -2.30. The monoisotopic (exact) mass is 353 g/mol. The van der Waals surface area contributed by atoms with Gasteiger partial charge in [0.1, 0.15) is 6.04 Å². The smallest absolute Gasteiger partial charge is 0.247 e. The Morgan fingerprint density at radius 1 is 1.48 bits per heavy atom. The van der Waals surface area contributed by atoms with Gasteiger partial charge in [-0.05, 0) is 36.2 Å². The minimum atomic E-state index is -0.709. The summed E-state index contributed by atoms with van der Waals surface area (Å²) in [6.07, 6.45) is 3.07. The molecule has 0 spiro atoms. The van der Waals surface area contributed by atoms with Crippen molar-refractivity contribution in [3.05, 3.63) is 51.8 Å². The van der Waals surface area contributed by atoms with E-state index < -0.39 is 18.2 Å². The van der Waals surface area contributed by atoms with Gasteiger partial charge in [0.15, 0.2) is 0 Å². The second-order valence-corrected chi connectivity index (χ2v) is 6.63. The van der Waals surface area contributed by atoms with Crippen LogP contribution in [-0.2, 0) is 11.2 Å². The van der Waals surface area contributed by atoms with Crippen LogP contribution in [0.25, 0.3) is 0 Å². The van der Waals surface area contributed by atoms with Crippen molar-refractivity contribution in [2.45, 2.75) is 31.5 Å². The van der Waals surface area contributed by atoms with E-state index in [2.05, 4.69) is 5.10 Å². The van der Waals surface area contributed by atoms with Crippen molar-refractivity contribution >= 4 is 29.1 Å². The molecule has 1 amide bonds. The van der Waals surface area contributed by atoms with Gasteiger partial charge in [-0.15, -0.1) is 0 Å². The largest absolute Gasteiger partial charge is 0.390 e. The third kappa shape index (κ3) is 2.84. The minimum Gasteiger partial charge on any atom is -0.390 e. The fourth-order valence-electron chi connectivity index (χ4n) is 3.15. The minimum absolute atomic E-state index is 0.137. The standard InChI is InChI=1S/C16H17Cl2N3O2/c1-9(21-5-3-4-19-21)16(23)20(2)15-12-6-10(17)7-13(18)11(12)8-14(15)22/h3-7,9,14-15,22H,8H2,1-2H3. The van der Waals surface area contributed by atoms with E-state index in [-0.39, 0.29) is 5.91 Å². The average Bonchev–Trinajstić information content (AvgIpc) is 3.12. The third-order valence-electron chi connectivity index (χ3n) is 4.34. The summed E-state index contributed by atoms with van der Waals surface area (Å²) in [7, 11) is 1.68. The topological polar surface area (TPSA) is 58.4 Å². The Bertz CT molecular complexity index is 733. The van der Waals surface area contributed by atoms with Crippen LogP contribution in [0.15, 0.2) is 30.6 Å². The molecular weight excluding hydrogens is 337 g/mol. The van der Waals surface area contributed by atoms with Gasteiger partial charge < -0.3 is 10.0 Å². The summed E-state index contributed by atoms with van der Waals surface area (Å²) in [5.41, 5.74) is 1.65. The number of aromatic nitrogens is 2. The Morgan fingerprint density at radius 3 is 2.87 bits per heavy atom. The Hall–Kier alpha value is -1.56. The maximum atomic E-state index is 12.7. The van der Waals surface area contributed by atoms with Crippen molar-refractivity contribution in [1.29, 1.82) is 0 Å². The lowest BCUT2D eigenvalue weighted by molar-refractivity contribution is -0.137. The highest BCUT2D eigenvalue weighted by molar-refractivity contribution is 6.35. The van der Waals surface area contributed by atoms with E-state index in [0.29, 0.717) is 16.5 Å². The third-order valence-corrected chi connectivity index (χ3v) is 4.89. The van der Waals surface area contributed by atoms with Gasteiger partial charge in [-0.1, -0.05) is 23.2 Å². The zero-order valence-corrected chi connectivity index (χ0v) is 14.3. The van der Waals surface area contributed by atoms with Crippen LogP contribution in [0, 0.1) is 0 Å². The number of halogens is 2. The van der Waals surface area contributed by atoms with Crippen molar-refractivity contribution in [3.63, 3.8) is 0 Å². The van der Waals surface area contributed by atoms with Gasteiger partial charge in [0.05, 0.1) is 12.1 Å². The second kappa shape index (κ2) is 6.15. The fourth-order valence-corrected chi connectivity index (χ4v) is 3.74. The van der Waals surface area contributed by atoms with Gasteiger partial charge in [0.2, 0.25) is 5.91 Å². The molecule has 3 unspecified atom stereocenters. The molecular formula is C16H17Cl2N3O2. The first-order valence-corrected chi connectivity index (χ1v) is 8.07. The molecule has 7 heteroatoms. The number of carbonyl (C=O) groups excluding carboxylic acids is 1. The van der Waals surface area contributed by atoms with Gasteiger partial charge >= 0.3 is 0 Å². The molecule has 2 aromatic rings. The summed E-state index contributed by atoms with van der Waals surface area (Å²) >= 11 is 12.3. The molecule has 1 aliphatic carbocycles. The van der Waals surface area contributed by atoms with E-state index in [9.17, 15) is 9.90 Å². The summed E-state index contributed by atoms with van der Waals surface area (Å²) in [4.78, 5) is 14.3. The number of likely N-dealkylation sites (N-methyl/N-ethyl adjacent to an activating group) is 1. The molecule has 0 saturated heterocycles. The summed E-state index contributed by atoms with van der Waals surface area (Å²) in [6, 6.07) is 4.27. The molecule has 0 aliphatic heterocycles. The summed E-state index contributed by atoms with van der Waals surface area (Å²) in [6.45, 7) is 1.78. The highest BCUT2D eigenvalue weighted by Gasteiger charge is 2.38. The number of aliphatic hydroxyl groups excluding tert-OH is 1. The number of hydrogen-bond donors (Lipinski definition) is 1. The molecule has 0 radical (unpaired) electrons. The second-order valence-electron chi connectivity index (χ2n) is 5.78. The van der Waals surface area contributed by atoms with Crippen molar-refractivity contribution in [3.8, 4) is 0 Å². The van der Waals surface area contributed by atoms with Gasteiger partial charge in [-0.25, -0.2) is 0 Å². The molecule has 0 bridgehead atoms. The molecule has 1 aromatic carbocycles. The van der Waals surface area contributed by atoms with Crippen LogP contribution >= 0.6 is 23.2 Å². The number of aliphatic hydroxyl groups is 1. The molecule has 0 fully saturated rings. The molecule has 1 aliphatic rings. The zero-order chi connectivity index (χ0) is 16.7. The molecule has 5 nitrogen and oxygen atoms in total. The first-order chi connectivity index (χ1) is 10.9. The number of hydrogen-bond acceptors (Lipinski definition) is 3. The average molecular weight is 354 g/mol. The van der Waals surface area contributed by atoms with Crippen LogP contribution in [0.1, 0.15) is 30.1 Å². The van der Waals surface area contributed by atoms with Crippen LogP contribution in [0.5, 0.6) is 0 Å². The number of rotatable bonds is 3. The van der Waals surface area contributed by atoms with Crippen LogP contribution in [0.2, 0.25) is 10.0 Å². The van der Waals surface area contributed by atoms with Gasteiger partial charge in [0, 0.05) is 35.9 Å². The summed E-state index contributed by atoms with van der Waals surface area (Å²) < 4.78 is 1.59. The number of nitrogens with zero attached hydrogens (tertiary/aromatic N) is 3. The van der Waals surface area contributed by atoms with E-state index in [0.717, 1.165) is 11.1 Å². The predicted octanol–water partition coefficient (Wildman–Crippen LogP) is 2.87. The molecule has 3 rings (SSSR count). The Kier molecular flexibility index (Phi) is 4.36. The maximum absolute atomic E-state index is 12.7. The van der Waals surface area contributed by atoms with Crippen LogP contribution in [0.3, 0.4) is 0 Å². The number of amides is 1. The van der Waals surface area contributed by atoms with Crippen LogP contribution in [0.4, 0.5) is 0 Å². The zero-order valence-electron chi connectivity index (χ0n) is 12.8. The Morgan fingerprint density at radius 2 is 2.22 bits per heavy atom. The van der Waals surface area contributed by atoms with Crippen molar-refractivity contribution < 1.29 is 9.90 Å². The maximum Gasteiger partial charge on any atom is 0.247 e. The quantitative estimate of drug-likeness (QED) is 0.922. The van der Waals surface area contributed by atoms with Gasteiger partial charge in [-0.2, -0.15) is 5.10 Å². The van der Waals surface area contributed by atoms with E-state index in [4.69, 9.17) is 23.2 Å². The van der Waals surface area contributed by atoms with Crippen molar-refractivity contribution in [1.82, 2.24) is 14.7 Å². The molecule has 3 atom stereocenters. The van der Waals surface area contributed by atoms with Crippen molar-refractivity contribution in [2.24, 2.45) is 0 Å². The first-order valence-electron chi connectivity index (χ1n) is 7.32. The Labute approximate surface area is 144 Å². The van der Waals surface area contributed by atoms with Gasteiger partial charge in [0.25, 0.3) is 0 Å². The number of benzene rings is 1.